The Balaban J connectivity index is 1.66. The van der Waals surface area contributed by atoms with Gasteiger partial charge in [0, 0.05) is 0 Å². The number of carboxylic acid groups (broad SMARTS) is 1. The van der Waals surface area contributed by atoms with Gasteiger partial charge in [-0.2, -0.15) is 0 Å². The maximum absolute atomic E-state index is 12.3. The van der Waals surface area contributed by atoms with Crippen LogP contribution in [0.3, 0.4) is 0 Å². The summed E-state index contributed by atoms with van der Waals surface area (Å²) in [5.74, 6) is 0.0864. The molecule has 1 heterocycles. The molecule has 1 aliphatic heterocycles. The Hall–Kier alpha value is -2.86. The summed E-state index contributed by atoms with van der Waals surface area (Å²) >= 11 is 0. The third kappa shape index (κ3) is 4.36. The van der Waals surface area contributed by atoms with Crippen LogP contribution in [0.25, 0.3) is 0 Å². The number of hydrogen-bond acceptors (Lipinski definition) is 4. The van der Waals surface area contributed by atoms with E-state index in [0.717, 1.165) is 6.42 Å². The van der Waals surface area contributed by atoms with E-state index in [1.165, 1.54) is 0 Å². The Morgan fingerprint density at radius 2 is 1.84 bits per heavy atom. The van der Waals surface area contributed by atoms with E-state index < -0.39 is 12.0 Å². The molecule has 0 spiro atoms. The number of para-hydroxylation sites is 3. The highest BCUT2D eigenvalue weighted by atomic mass is 16.5. The largest absolute Gasteiger partial charge is 0.480 e. The molecule has 0 bridgehead atoms. The number of nitrogens with zero attached hydrogens (tertiary/aromatic N) is 1. The van der Waals surface area contributed by atoms with E-state index in [1.54, 1.807) is 17.0 Å². The van der Waals surface area contributed by atoms with Gasteiger partial charge in [-0.1, -0.05) is 30.3 Å². The van der Waals surface area contributed by atoms with Crippen molar-refractivity contribution in [3.05, 3.63) is 54.6 Å². The minimum atomic E-state index is -0.877. The quantitative estimate of drug-likeness (QED) is 0.845. The number of carbonyl (C=O) groups is 2. The minimum absolute atomic E-state index is 0.0522. The van der Waals surface area contributed by atoms with Crippen molar-refractivity contribution in [3.63, 3.8) is 0 Å². The first-order valence-corrected chi connectivity index (χ1v) is 8.22. The number of carboxylic acids is 1. The van der Waals surface area contributed by atoms with Gasteiger partial charge in [-0.05, 0) is 43.7 Å². The maximum atomic E-state index is 12.3. The van der Waals surface area contributed by atoms with E-state index in [1.807, 2.05) is 42.5 Å². The number of likely N-dealkylation sites (tertiary alicyclic amines) is 1. The molecule has 130 valence electrons. The monoisotopic (exact) mass is 340 g/mol. The highest BCUT2D eigenvalue weighted by Crippen LogP contribution is 2.29. The van der Waals surface area contributed by atoms with E-state index in [2.05, 4.69) is 5.32 Å². The first-order chi connectivity index (χ1) is 12.1. The molecule has 1 saturated heterocycles. The molecule has 1 atom stereocenters. The second kappa shape index (κ2) is 7.81. The molecule has 1 fully saturated rings. The molecule has 6 heteroatoms. The molecular weight excluding hydrogens is 320 g/mol. The summed E-state index contributed by atoms with van der Waals surface area (Å²) in [5.41, 5.74) is 0.558. The summed E-state index contributed by atoms with van der Waals surface area (Å²) < 4.78 is 5.82. The Kier molecular flexibility index (Phi) is 5.30. The van der Waals surface area contributed by atoms with Crippen LogP contribution in [0.5, 0.6) is 11.5 Å². The molecule has 3 rings (SSSR count). The average Bonchev–Trinajstić information content (AvgIpc) is 3.06. The van der Waals surface area contributed by atoms with Crippen LogP contribution in [-0.4, -0.2) is 41.0 Å². The second-order valence-electron chi connectivity index (χ2n) is 5.93. The van der Waals surface area contributed by atoms with Crippen molar-refractivity contribution in [2.24, 2.45) is 0 Å². The fourth-order valence-electron chi connectivity index (χ4n) is 2.94. The molecule has 0 aliphatic carbocycles. The smallest absolute Gasteiger partial charge is 0.320 e. The molecule has 1 aliphatic rings. The number of aliphatic carboxylic acids is 1. The van der Waals surface area contributed by atoms with E-state index in [4.69, 9.17) is 4.74 Å². The number of hydrogen-bond donors (Lipinski definition) is 2. The van der Waals surface area contributed by atoms with Crippen molar-refractivity contribution in [2.75, 3.05) is 18.4 Å². The van der Waals surface area contributed by atoms with Crippen LogP contribution in [-0.2, 0) is 9.59 Å². The molecule has 0 aromatic heterocycles. The summed E-state index contributed by atoms with van der Waals surface area (Å²) in [6, 6.07) is 15.9. The standard InChI is InChI=1S/C19H20N2O4/c22-18(13-21-12-6-10-16(21)19(23)24)20-15-9-4-5-11-17(15)25-14-7-2-1-3-8-14/h1-5,7-9,11,16H,6,10,12-13H2,(H,20,22)(H,23,24). The van der Waals surface area contributed by atoms with Gasteiger partial charge in [-0.15, -0.1) is 0 Å². The lowest BCUT2D eigenvalue weighted by atomic mass is 10.2. The fraction of sp³-hybridized carbons (Fsp3) is 0.263. The van der Waals surface area contributed by atoms with Crippen molar-refractivity contribution in [3.8, 4) is 11.5 Å². The van der Waals surface area contributed by atoms with Crippen molar-refractivity contribution in [1.29, 1.82) is 0 Å². The molecule has 0 radical (unpaired) electrons. The first kappa shape index (κ1) is 17.0. The van der Waals surface area contributed by atoms with E-state index in [9.17, 15) is 14.7 Å². The summed E-state index contributed by atoms with van der Waals surface area (Å²) in [6.07, 6.45) is 1.37. The highest BCUT2D eigenvalue weighted by molar-refractivity contribution is 5.94. The van der Waals surface area contributed by atoms with Gasteiger partial charge in [0.2, 0.25) is 5.91 Å². The zero-order valence-electron chi connectivity index (χ0n) is 13.7. The van der Waals surface area contributed by atoms with Crippen LogP contribution in [0.4, 0.5) is 5.69 Å². The zero-order chi connectivity index (χ0) is 17.6. The lowest BCUT2D eigenvalue weighted by Crippen LogP contribution is -2.40. The van der Waals surface area contributed by atoms with Crippen LogP contribution in [0.1, 0.15) is 12.8 Å². The van der Waals surface area contributed by atoms with Gasteiger partial charge < -0.3 is 15.2 Å². The number of ether oxygens (including phenoxy) is 1. The molecule has 2 aromatic rings. The number of anilines is 1. The van der Waals surface area contributed by atoms with Crippen molar-refractivity contribution in [2.45, 2.75) is 18.9 Å². The van der Waals surface area contributed by atoms with Gasteiger partial charge in [-0.25, -0.2) is 0 Å². The van der Waals surface area contributed by atoms with Crippen LogP contribution in [0, 0.1) is 0 Å². The van der Waals surface area contributed by atoms with Crippen molar-refractivity contribution < 1.29 is 19.4 Å². The molecule has 0 saturated carbocycles. The number of carbonyl (C=O) groups excluding carboxylic acids is 1. The summed E-state index contributed by atoms with van der Waals surface area (Å²) in [4.78, 5) is 25.2. The average molecular weight is 340 g/mol. The van der Waals surface area contributed by atoms with Crippen LogP contribution < -0.4 is 10.1 Å². The summed E-state index contributed by atoms with van der Waals surface area (Å²) in [6.45, 7) is 0.670. The topological polar surface area (TPSA) is 78.9 Å². The van der Waals surface area contributed by atoms with Crippen LogP contribution in [0.15, 0.2) is 54.6 Å². The molecule has 1 unspecified atom stereocenters. The second-order valence-corrected chi connectivity index (χ2v) is 5.93. The zero-order valence-corrected chi connectivity index (χ0v) is 13.7. The van der Waals surface area contributed by atoms with Gasteiger partial charge in [0.15, 0.2) is 5.75 Å². The number of amides is 1. The highest BCUT2D eigenvalue weighted by Gasteiger charge is 2.31. The van der Waals surface area contributed by atoms with Crippen LogP contribution >= 0.6 is 0 Å². The number of benzene rings is 2. The fourth-order valence-corrected chi connectivity index (χ4v) is 2.94. The predicted octanol–water partition coefficient (Wildman–Crippen LogP) is 2.97. The molecular formula is C19H20N2O4. The third-order valence-electron chi connectivity index (χ3n) is 4.13. The lowest BCUT2D eigenvalue weighted by molar-refractivity contribution is -0.142. The molecule has 6 nitrogen and oxygen atoms in total. The van der Waals surface area contributed by atoms with Gasteiger partial charge in [0.05, 0.1) is 12.2 Å². The Morgan fingerprint density at radius 1 is 1.12 bits per heavy atom. The molecule has 2 N–H and O–H groups in total. The summed E-state index contributed by atoms with van der Waals surface area (Å²) in [5, 5.41) is 12.0. The van der Waals surface area contributed by atoms with Crippen LogP contribution in [0.2, 0.25) is 0 Å². The normalized spacial score (nSPS) is 17.2. The molecule has 1 amide bonds. The number of nitrogens with one attached hydrogen (secondary N) is 1. The van der Waals surface area contributed by atoms with Gasteiger partial charge in [0.25, 0.3) is 0 Å². The van der Waals surface area contributed by atoms with Gasteiger partial charge in [0.1, 0.15) is 11.8 Å². The van der Waals surface area contributed by atoms with E-state index >= 15 is 0 Å². The van der Waals surface area contributed by atoms with E-state index in [-0.39, 0.29) is 12.5 Å². The minimum Gasteiger partial charge on any atom is -0.480 e. The Labute approximate surface area is 146 Å². The van der Waals surface area contributed by atoms with E-state index in [0.29, 0.717) is 30.2 Å². The maximum Gasteiger partial charge on any atom is 0.320 e. The molecule has 25 heavy (non-hydrogen) atoms. The Bertz CT molecular complexity index is 748. The molecule has 2 aromatic carbocycles. The third-order valence-corrected chi connectivity index (χ3v) is 4.13. The lowest BCUT2D eigenvalue weighted by Gasteiger charge is -2.20. The SMILES string of the molecule is O=C(CN1CCCC1C(=O)O)Nc1ccccc1Oc1ccccc1. The Morgan fingerprint density at radius 3 is 2.60 bits per heavy atom. The van der Waals surface area contributed by atoms with Gasteiger partial charge >= 0.3 is 5.97 Å². The van der Waals surface area contributed by atoms with Crippen molar-refractivity contribution in [1.82, 2.24) is 4.90 Å². The number of rotatable bonds is 6. The predicted molar refractivity (Wildman–Crippen MR) is 93.8 cm³/mol. The summed E-state index contributed by atoms with van der Waals surface area (Å²) in [7, 11) is 0. The first-order valence-electron chi connectivity index (χ1n) is 8.22. The van der Waals surface area contributed by atoms with Crippen molar-refractivity contribution >= 4 is 17.6 Å². The van der Waals surface area contributed by atoms with Gasteiger partial charge in [-0.3, -0.25) is 14.5 Å².